The number of nitrogens with zero attached hydrogens (tertiary/aromatic N) is 1. The summed E-state index contributed by atoms with van der Waals surface area (Å²) in [7, 11) is 1.37. The Balaban J connectivity index is 1.23. The standard InChI is InChI=1S/C22H28N2O3/c1-21(23-20(26)27-2)9-16(10-21)19(25)24-12-18-11-22(18,13-24)17-5-3-4-15(8-17)14-6-7-14/h3-5,8,14,16,18H,6-7,9-13H2,1-2H3,(H,23,26). The molecule has 1 N–H and O–H groups in total. The van der Waals surface area contributed by atoms with E-state index in [1.807, 2.05) is 6.92 Å². The highest BCUT2D eigenvalue weighted by Gasteiger charge is 2.62. The smallest absolute Gasteiger partial charge is 0.407 e. The van der Waals surface area contributed by atoms with Crippen molar-refractivity contribution in [3.8, 4) is 0 Å². The summed E-state index contributed by atoms with van der Waals surface area (Å²) in [4.78, 5) is 26.5. The van der Waals surface area contributed by atoms with Crippen molar-refractivity contribution in [2.75, 3.05) is 20.2 Å². The first kappa shape index (κ1) is 17.1. The Hall–Kier alpha value is -2.04. The lowest BCUT2D eigenvalue weighted by molar-refractivity contribution is -0.140. The number of hydrogen-bond acceptors (Lipinski definition) is 3. The number of methoxy groups -OCH3 is 1. The molecule has 5 rings (SSSR count). The van der Waals surface area contributed by atoms with E-state index < -0.39 is 6.09 Å². The van der Waals surface area contributed by atoms with Crippen molar-refractivity contribution in [3.05, 3.63) is 35.4 Å². The molecule has 4 aliphatic rings. The summed E-state index contributed by atoms with van der Waals surface area (Å²) < 4.78 is 4.68. The van der Waals surface area contributed by atoms with Gasteiger partial charge in [-0.15, -0.1) is 0 Å². The van der Waals surface area contributed by atoms with E-state index in [1.54, 1.807) is 0 Å². The van der Waals surface area contributed by atoms with Crippen LogP contribution in [-0.2, 0) is 14.9 Å². The van der Waals surface area contributed by atoms with Gasteiger partial charge in [-0.25, -0.2) is 4.79 Å². The van der Waals surface area contributed by atoms with Crippen molar-refractivity contribution in [2.24, 2.45) is 11.8 Å². The fourth-order valence-electron chi connectivity index (χ4n) is 5.48. The molecule has 1 saturated heterocycles. The Bertz CT molecular complexity index is 797. The van der Waals surface area contributed by atoms with Crippen molar-refractivity contribution in [2.45, 2.75) is 55.9 Å². The summed E-state index contributed by atoms with van der Waals surface area (Å²) in [5, 5.41) is 2.86. The van der Waals surface area contributed by atoms with Crippen LogP contribution in [0.2, 0.25) is 0 Å². The number of ether oxygens (including phenoxy) is 1. The van der Waals surface area contributed by atoms with Gasteiger partial charge in [-0.1, -0.05) is 24.3 Å². The van der Waals surface area contributed by atoms with E-state index >= 15 is 0 Å². The maximum absolute atomic E-state index is 13.0. The lowest BCUT2D eigenvalue weighted by Crippen LogP contribution is -2.58. The number of piperidine rings is 1. The molecule has 3 saturated carbocycles. The molecule has 0 bridgehead atoms. The fourth-order valence-corrected chi connectivity index (χ4v) is 5.48. The molecule has 5 nitrogen and oxygen atoms in total. The molecular formula is C22H28N2O3. The summed E-state index contributed by atoms with van der Waals surface area (Å²) in [6, 6.07) is 9.14. The molecule has 3 aliphatic carbocycles. The van der Waals surface area contributed by atoms with E-state index in [-0.39, 0.29) is 22.8 Å². The molecule has 5 heteroatoms. The molecule has 2 amide bonds. The van der Waals surface area contributed by atoms with Gasteiger partial charge in [-0.2, -0.15) is 0 Å². The second-order valence-corrected chi connectivity index (χ2v) is 9.46. The number of hydrogen-bond donors (Lipinski definition) is 1. The average molecular weight is 368 g/mol. The number of amides is 2. The van der Waals surface area contributed by atoms with Crippen molar-refractivity contribution in [1.29, 1.82) is 0 Å². The minimum atomic E-state index is -0.416. The number of likely N-dealkylation sites (tertiary alicyclic amines) is 1. The maximum atomic E-state index is 13.0. The molecule has 27 heavy (non-hydrogen) atoms. The molecule has 0 aromatic heterocycles. The summed E-state index contributed by atoms with van der Waals surface area (Å²) in [6.45, 7) is 3.74. The second-order valence-electron chi connectivity index (χ2n) is 9.46. The van der Waals surface area contributed by atoms with Crippen LogP contribution in [0.3, 0.4) is 0 Å². The van der Waals surface area contributed by atoms with Gasteiger partial charge in [0.25, 0.3) is 0 Å². The van der Waals surface area contributed by atoms with Crippen LogP contribution in [0.4, 0.5) is 4.79 Å². The van der Waals surface area contributed by atoms with E-state index in [9.17, 15) is 9.59 Å². The molecule has 2 unspecified atom stereocenters. The zero-order valence-corrected chi connectivity index (χ0v) is 16.2. The predicted octanol–water partition coefficient (Wildman–Crippen LogP) is 3.19. The zero-order valence-electron chi connectivity index (χ0n) is 16.2. The van der Waals surface area contributed by atoms with Crippen LogP contribution >= 0.6 is 0 Å². The van der Waals surface area contributed by atoms with E-state index in [0.29, 0.717) is 18.8 Å². The first-order valence-corrected chi connectivity index (χ1v) is 10.2. The van der Waals surface area contributed by atoms with E-state index in [1.165, 1.54) is 37.5 Å². The van der Waals surface area contributed by atoms with Gasteiger partial charge in [-0.05, 0) is 62.0 Å². The van der Waals surface area contributed by atoms with Crippen molar-refractivity contribution < 1.29 is 14.3 Å². The van der Waals surface area contributed by atoms with Gasteiger partial charge in [0, 0.05) is 30.0 Å². The van der Waals surface area contributed by atoms with Gasteiger partial charge in [0.15, 0.2) is 0 Å². The second kappa shape index (κ2) is 5.73. The molecular weight excluding hydrogens is 340 g/mol. The molecule has 0 radical (unpaired) electrons. The van der Waals surface area contributed by atoms with Crippen LogP contribution in [0.25, 0.3) is 0 Å². The molecule has 1 aromatic carbocycles. The van der Waals surface area contributed by atoms with E-state index in [2.05, 4.69) is 39.2 Å². The Labute approximate surface area is 160 Å². The Morgan fingerprint density at radius 3 is 2.70 bits per heavy atom. The molecule has 1 heterocycles. The fraction of sp³-hybridized carbons (Fsp3) is 0.636. The molecule has 2 atom stereocenters. The number of rotatable bonds is 4. The highest BCUT2D eigenvalue weighted by molar-refractivity contribution is 5.82. The minimum absolute atomic E-state index is 0.0273. The normalized spacial score (nSPS) is 36.6. The van der Waals surface area contributed by atoms with Crippen molar-refractivity contribution in [3.63, 3.8) is 0 Å². The van der Waals surface area contributed by atoms with Crippen LogP contribution in [0.15, 0.2) is 24.3 Å². The van der Waals surface area contributed by atoms with Gasteiger partial charge in [0.1, 0.15) is 0 Å². The molecule has 4 fully saturated rings. The van der Waals surface area contributed by atoms with Crippen molar-refractivity contribution in [1.82, 2.24) is 10.2 Å². The third kappa shape index (κ3) is 2.82. The minimum Gasteiger partial charge on any atom is -0.453 e. The van der Waals surface area contributed by atoms with Crippen LogP contribution in [0, 0.1) is 11.8 Å². The van der Waals surface area contributed by atoms with Gasteiger partial charge in [0.05, 0.1) is 7.11 Å². The van der Waals surface area contributed by atoms with Crippen LogP contribution in [0.5, 0.6) is 0 Å². The Morgan fingerprint density at radius 2 is 2.00 bits per heavy atom. The topological polar surface area (TPSA) is 58.6 Å². The van der Waals surface area contributed by atoms with Crippen molar-refractivity contribution >= 4 is 12.0 Å². The summed E-state index contributed by atoms with van der Waals surface area (Å²) in [5.41, 5.74) is 2.82. The molecule has 144 valence electrons. The quantitative estimate of drug-likeness (QED) is 0.888. The highest BCUT2D eigenvalue weighted by atomic mass is 16.5. The van der Waals surface area contributed by atoms with Crippen LogP contribution < -0.4 is 5.32 Å². The van der Waals surface area contributed by atoms with Crippen LogP contribution in [-0.4, -0.2) is 42.6 Å². The number of carbonyl (C=O) groups is 2. The molecule has 0 spiro atoms. The van der Waals surface area contributed by atoms with Gasteiger partial charge < -0.3 is 15.0 Å². The first-order chi connectivity index (χ1) is 12.9. The molecule has 1 aliphatic heterocycles. The maximum Gasteiger partial charge on any atom is 0.407 e. The average Bonchev–Trinajstić information content (AvgIpc) is 3.57. The third-order valence-electron chi connectivity index (χ3n) is 7.30. The number of alkyl carbamates (subject to hydrolysis) is 1. The van der Waals surface area contributed by atoms with Crippen LogP contribution in [0.1, 0.15) is 56.1 Å². The number of nitrogens with one attached hydrogen (secondary N) is 1. The Morgan fingerprint density at radius 1 is 1.22 bits per heavy atom. The number of benzene rings is 1. The lowest BCUT2D eigenvalue weighted by Gasteiger charge is -2.45. The summed E-state index contributed by atoms with van der Waals surface area (Å²) in [5.74, 6) is 1.69. The predicted molar refractivity (Wildman–Crippen MR) is 101 cm³/mol. The van der Waals surface area contributed by atoms with Gasteiger partial charge in [0.2, 0.25) is 5.91 Å². The van der Waals surface area contributed by atoms with Gasteiger partial charge in [-0.3, -0.25) is 4.79 Å². The summed E-state index contributed by atoms with van der Waals surface area (Å²) >= 11 is 0. The molecule has 1 aromatic rings. The number of carbonyl (C=O) groups excluding carboxylic acids is 2. The van der Waals surface area contributed by atoms with E-state index in [4.69, 9.17) is 0 Å². The SMILES string of the molecule is COC(=O)NC1(C)CC(C(=O)N2CC3CC3(c3cccc(C4CC4)c3)C2)C1. The lowest BCUT2D eigenvalue weighted by atomic mass is 9.69. The summed E-state index contributed by atoms with van der Waals surface area (Å²) in [6.07, 6.45) is 4.85. The largest absolute Gasteiger partial charge is 0.453 e. The third-order valence-corrected chi connectivity index (χ3v) is 7.30. The van der Waals surface area contributed by atoms with Gasteiger partial charge >= 0.3 is 6.09 Å². The van der Waals surface area contributed by atoms with E-state index in [0.717, 1.165) is 19.0 Å². The highest BCUT2D eigenvalue weighted by Crippen LogP contribution is 2.60. The first-order valence-electron chi connectivity index (χ1n) is 10.2. The monoisotopic (exact) mass is 368 g/mol. The zero-order chi connectivity index (χ0) is 18.8. The number of fused-ring (bicyclic) bond motifs is 1. The Kier molecular flexibility index (Phi) is 3.62.